The number of alkyl halides is 3. The van der Waals surface area contributed by atoms with Gasteiger partial charge in [0.15, 0.2) is 5.75 Å². The van der Waals surface area contributed by atoms with E-state index in [0.29, 0.717) is 31.1 Å². The summed E-state index contributed by atoms with van der Waals surface area (Å²) in [6.07, 6.45) is -3.38. The minimum atomic E-state index is -4.63. The van der Waals surface area contributed by atoms with Crippen LogP contribution >= 0.6 is 59.4 Å². The standard InChI is InChI=1S/C30H16Br3ClF3N3O3/c31-19-10-17(27(22(33)12-19)43-29(42)16-7-4-8-18(9-16)30(35,36)37)14-38-40-28(41)26-24(15-5-2-1-3-6-15)21-11-20(32)13-23(34)25(21)39-26/h1-14,39H,(H,40,41). The molecule has 0 bridgehead atoms. The van der Waals surface area contributed by atoms with Crippen LogP contribution in [-0.2, 0) is 6.18 Å². The minimum Gasteiger partial charge on any atom is -0.421 e. The fraction of sp³-hybridized carbons (Fsp3) is 0.0333. The summed E-state index contributed by atoms with van der Waals surface area (Å²) in [7, 11) is 0. The average Bonchev–Trinajstić information content (AvgIpc) is 3.34. The van der Waals surface area contributed by atoms with Gasteiger partial charge < -0.3 is 9.72 Å². The second-order valence-corrected chi connectivity index (χ2v) is 12.1. The van der Waals surface area contributed by atoms with Crippen molar-refractivity contribution in [3.05, 3.63) is 120 Å². The number of carbonyl (C=O) groups is 2. The van der Waals surface area contributed by atoms with Crippen molar-refractivity contribution < 1.29 is 27.5 Å². The Labute approximate surface area is 272 Å². The number of amides is 1. The van der Waals surface area contributed by atoms with Gasteiger partial charge in [-0.1, -0.05) is 79.9 Å². The lowest BCUT2D eigenvalue weighted by Crippen LogP contribution is -2.19. The third-order valence-electron chi connectivity index (χ3n) is 6.14. The van der Waals surface area contributed by atoms with Crippen LogP contribution in [0.25, 0.3) is 22.0 Å². The number of halogens is 7. The van der Waals surface area contributed by atoms with Crippen LogP contribution in [0.5, 0.6) is 5.75 Å². The summed E-state index contributed by atoms with van der Waals surface area (Å²) in [5, 5.41) is 5.20. The van der Waals surface area contributed by atoms with Crippen LogP contribution in [0.4, 0.5) is 13.2 Å². The van der Waals surface area contributed by atoms with Crippen molar-refractivity contribution in [1.82, 2.24) is 10.4 Å². The molecule has 5 aromatic rings. The molecule has 0 radical (unpaired) electrons. The second-order valence-electron chi connectivity index (χ2n) is 9.02. The van der Waals surface area contributed by atoms with Gasteiger partial charge in [0.05, 0.1) is 32.4 Å². The highest BCUT2D eigenvalue weighted by molar-refractivity contribution is 9.11. The van der Waals surface area contributed by atoms with Crippen LogP contribution in [0, 0.1) is 0 Å². The summed E-state index contributed by atoms with van der Waals surface area (Å²) in [5.74, 6) is -1.60. The lowest BCUT2D eigenvalue weighted by molar-refractivity contribution is -0.137. The number of rotatable bonds is 6. The number of carbonyl (C=O) groups excluding carboxylic acids is 2. The zero-order chi connectivity index (χ0) is 30.9. The largest absolute Gasteiger partial charge is 0.421 e. The molecular formula is C30H16Br3ClF3N3O3. The van der Waals surface area contributed by atoms with E-state index in [1.165, 1.54) is 12.3 Å². The maximum absolute atomic E-state index is 13.4. The molecule has 0 saturated carbocycles. The highest BCUT2D eigenvalue weighted by Crippen LogP contribution is 2.38. The number of nitrogens with zero attached hydrogens (tertiary/aromatic N) is 1. The topological polar surface area (TPSA) is 83.5 Å². The molecule has 0 aliphatic rings. The predicted molar refractivity (Wildman–Crippen MR) is 170 cm³/mol. The van der Waals surface area contributed by atoms with Crippen molar-refractivity contribution in [1.29, 1.82) is 0 Å². The molecule has 0 spiro atoms. The van der Waals surface area contributed by atoms with Crippen molar-refractivity contribution in [3.63, 3.8) is 0 Å². The highest BCUT2D eigenvalue weighted by Gasteiger charge is 2.31. The number of esters is 1. The van der Waals surface area contributed by atoms with Crippen LogP contribution < -0.4 is 10.2 Å². The Morgan fingerprint density at radius 2 is 1.65 bits per heavy atom. The quantitative estimate of drug-likeness (QED) is 0.0777. The molecule has 13 heteroatoms. The fourth-order valence-electron chi connectivity index (χ4n) is 4.27. The first-order chi connectivity index (χ1) is 20.4. The number of aromatic amines is 1. The van der Waals surface area contributed by atoms with Crippen molar-refractivity contribution in [2.45, 2.75) is 6.18 Å². The first-order valence-electron chi connectivity index (χ1n) is 12.2. The SMILES string of the molecule is O=C(Oc1c(Br)cc(Br)cc1C=NNC(=O)c1[nH]c2c(Cl)cc(Br)cc2c1-c1ccccc1)c1cccc(C(F)(F)F)c1. The van der Waals surface area contributed by atoms with Gasteiger partial charge in [0, 0.05) is 25.5 Å². The average molecular weight is 799 g/mol. The van der Waals surface area contributed by atoms with Crippen LogP contribution in [0.1, 0.15) is 32.0 Å². The number of nitrogens with one attached hydrogen (secondary N) is 2. The maximum Gasteiger partial charge on any atom is 0.416 e. The molecule has 5 rings (SSSR count). The van der Waals surface area contributed by atoms with Gasteiger partial charge in [-0.25, -0.2) is 10.2 Å². The molecule has 0 saturated heterocycles. The normalized spacial score (nSPS) is 11.7. The molecule has 43 heavy (non-hydrogen) atoms. The van der Waals surface area contributed by atoms with E-state index in [9.17, 15) is 22.8 Å². The van der Waals surface area contributed by atoms with Gasteiger partial charge >= 0.3 is 12.1 Å². The molecule has 4 aromatic carbocycles. The smallest absolute Gasteiger partial charge is 0.416 e. The van der Waals surface area contributed by atoms with Crippen molar-refractivity contribution in [2.75, 3.05) is 0 Å². The van der Waals surface area contributed by atoms with E-state index in [1.54, 1.807) is 18.2 Å². The maximum atomic E-state index is 13.4. The van der Waals surface area contributed by atoms with Crippen molar-refractivity contribution >= 4 is 88.4 Å². The second kappa shape index (κ2) is 12.7. The summed E-state index contributed by atoms with van der Waals surface area (Å²) in [5.41, 5.74) is 3.62. The number of hydrogen-bond acceptors (Lipinski definition) is 4. The minimum absolute atomic E-state index is 0.0178. The van der Waals surface area contributed by atoms with Crippen LogP contribution in [-0.4, -0.2) is 23.1 Å². The van der Waals surface area contributed by atoms with E-state index in [1.807, 2.05) is 36.4 Å². The Bertz CT molecular complexity index is 1910. The third kappa shape index (κ3) is 6.87. The number of ether oxygens (including phenoxy) is 1. The molecule has 0 aliphatic carbocycles. The van der Waals surface area contributed by atoms with Gasteiger partial charge in [-0.2, -0.15) is 18.3 Å². The summed E-state index contributed by atoms with van der Waals surface area (Å²) in [6.45, 7) is 0. The van der Waals surface area contributed by atoms with E-state index in [4.69, 9.17) is 16.3 Å². The number of fused-ring (bicyclic) bond motifs is 1. The van der Waals surface area contributed by atoms with E-state index < -0.39 is 23.6 Å². The van der Waals surface area contributed by atoms with Crippen molar-refractivity contribution in [3.8, 4) is 16.9 Å². The van der Waals surface area contributed by atoms with Crippen molar-refractivity contribution in [2.24, 2.45) is 5.10 Å². The molecule has 218 valence electrons. The molecule has 2 N–H and O–H groups in total. The first kappa shape index (κ1) is 31.0. The number of benzene rings is 4. The van der Waals surface area contributed by atoms with Crippen LogP contribution in [0.2, 0.25) is 5.02 Å². The molecule has 6 nitrogen and oxygen atoms in total. The molecule has 1 aromatic heterocycles. The van der Waals surface area contributed by atoms with Gasteiger partial charge in [-0.3, -0.25) is 4.79 Å². The summed E-state index contributed by atoms with van der Waals surface area (Å²) in [4.78, 5) is 29.3. The molecule has 0 aliphatic heterocycles. The number of aromatic nitrogens is 1. The van der Waals surface area contributed by atoms with E-state index >= 15 is 0 Å². The monoisotopic (exact) mass is 795 g/mol. The fourth-order valence-corrected chi connectivity index (χ4v) is 6.46. The summed E-state index contributed by atoms with van der Waals surface area (Å²) >= 11 is 16.6. The molecule has 1 amide bonds. The van der Waals surface area contributed by atoms with Gasteiger partial charge in [-0.15, -0.1) is 0 Å². The Balaban J connectivity index is 1.45. The van der Waals surface area contributed by atoms with E-state index in [2.05, 4.69) is 63.3 Å². The van der Waals surface area contributed by atoms with Gasteiger partial charge in [0.1, 0.15) is 5.69 Å². The Morgan fingerprint density at radius 3 is 2.37 bits per heavy atom. The summed E-state index contributed by atoms with van der Waals surface area (Å²) in [6, 6.07) is 19.9. The Morgan fingerprint density at radius 1 is 0.930 bits per heavy atom. The molecule has 0 unspecified atom stereocenters. The number of H-pyrrole nitrogens is 1. The highest BCUT2D eigenvalue weighted by atomic mass is 79.9. The lowest BCUT2D eigenvalue weighted by Gasteiger charge is -2.12. The third-order valence-corrected chi connectivity index (χ3v) is 7.94. The number of hydrogen-bond donors (Lipinski definition) is 2. The van der Waals surface area contributed by atoms with Crippen LogP contribution in [0.3, 0.4) is 0 Å². The predicted octanol–water partition coefficient (Wildman–Crippen LogP) is 9.78. The zero-order valence-electron chi connectivity index (χ0n) is 21.4. The number of hydrazone groups is 1. The summed E-state index contributed by atoms with van der Waals surface area (Å²) < 4.78 is 46.5. The van der Waals surface area contributed by atoms with Crippen LogP contribution in [0.15, 0.2) is 97.4 Å². The molecule has 0 fully saturated rings. The zero-order valence-corrected chi connectivity index (χ0v) is 26.9. The van der Waals surface area contributed by atoms with Gasteiger partial charge in [0.2, 0.25) is 0 Å². The lowest BCUT2D eigenvalue weighted by atomic mass is 10.0. The Hall–Kier alpha value is -3.45. The Kier molecular flexibility index (Phi) is 9.12. The molecule has 1 heterocycles. The first-order valence-corrected chi connectivity index (χ1v) is 15.0. The molecular weight excluding hydrogens is 783 g/mol. The van der Waals surface area contributed by atoms with Gasteiger partial charge in [0.25, 0.3) is 5.91 Å². The van der Waals surface area contributed by atoms with Gasteiger partial charge in [-0.05, 0) is 64.0 Å². The van der Waals surface area contributed by atoms with E-state index in [0.717, 1.165) is 27.6 Å². The van der Waals surface area contributed by atoms with E-state index in [-0.39, 0.29) is 22.6 Å². The molecule has 0 atom stereocenters.